The number of rotatable bonds is 33. The first-order valence-electron chi connectivity index (χ1n) is 19.0. The zero-order valence-corrected chi connectivity index (χ0v) is 32.2. The van der Waals surface area contributed by atoms with E-state index in [1.807, 2.05) is 24.3 Å². The lowest BCUT2D eigenvalue weighted by molar-refractivity contribution is -0.161. The molecule has 0 saturated heterocycles. The van der Waals surface area contributed by atoms with Gasteiger partial charge in [-0.05, 0) is 77.0 Å². The number of carbonyl (C=O) groups is 2. The fourth-order valence-corrected chi connectivity index (χ4v) is 4.99. The van der Waals surface area contributed by atoms with Gasteiger partial charge >= 0.3 is 19.8 Å². The zero-order valence-electron chi connectivity index (χ0n) is 31.3. The number of carbonyl (C=O) groups excluding carboxylic acids is 2. The molecule has 0 radical (unpaired) electrons. The van der Waals surface area contributed by atoms with Gasteiger partial charge in [0.1, 0.15) is 6.61 Å². The monoisotopic (exact) mass is 734 g/mol. The van der Waals surface area contributed by atoms with Gasteiger partial charge in [-0.15, -0.1) is 0 Å². The SMILES string of the molecule is CC/C=C\C/C=C\C/C=C\CCCCCCCC(=O)OC[C@H](COP(=O)(O)O)OC(=O)CCC/C=C\C/C=C\C/C=C\C/C=C\[C@H](O)CCCC. The lowest BCUT2D eigenvalue weighted by Gasteiger charge is -2.18. The van der Waals surface area contributed by atoms with Crippen molar-refractivity contribution in [3.8, 4) is 0 Å². The van der Waals surface area contributed by atoms with Crippen LogP contribution < -0.4 is 0 Å². The molecule has 0 aliphatic carbocycles. The first-order chi connectivity index (χ1) is 24.7. The number of ether oxygens (including phenoxy) is 2. The fraction of sp³-hybridized carbons (Fsp3) is 0.610. The molecule has 0 aromatic carbocycles. The predicted molar refractivity (Wildman–Crippen MR) is 208 cm³/mol. The zero-order chi connectivity index (χ0) is 37.7. The second-order valence-corrected chi connectivity index (χ2v) is 13.6. The average molecular weight is 735 g/mol. The fourth-order valence-electron chi connectivity index (χ4n) is 4.63. The summed E-state index contributed by atoms with van der Waals surface area (Å²) in [5.41, 5.74) is 0. The van der Waals surface area contributed by atoms with Gasteiger partial charge in [0.05, 0.1) is 12.7 Å². The molecule has 0 aromatic heterocycles. The molecule has 0 aliphatic heterocycles. The second kappa shape index (κ2) is 35.6. The van der Waals surface area contributed by atoms with Gasteiger partial charge in [-0.2, -0.15) is 0 Å². The van der Waals surface area contributed by atoms with E-state index >= 15 is 0 Å². The highest BCUT2D eigenvalue weighted by Crippen LogP contribution is 2.35. The molecule has 0 unspecified atom stereocenters. The van der Waals surface area contributed by atoms with Crippen molar-refractivity contribution in [2.75, 3.05) is 13.2 Å². The van der Waals surface area contributed by atoms with E-state index in [4.69, 9.17) is 19.3 Å². The average Bonchev–Trinajstić information content (AvgIpc) is 3.09. The van der Waals surface area contributed by atoms with Gasteiger partial charge in [0.25, 0.3) is 0 Å². The highest BCUT2D eigenvalue weighted by atomic mass is 31.2. The van der Waals surface area contributed by atoms with E-state index in [1.54, 1.807) is 0 Å². The quantitative estimate of drug-likeness (QED) is 0.0260. The van der Waals surface area contributed by atoms with Gasteiger partial charge in [-0.1, -0.05) is 131 Å². The Morgan fingerprint density at radius 3 is 1.71 bits per heavy atom. The summed E-state index contributed by atoms with van der Waals surface area (Å²) >= 11 is 0. The van der Waals surface area contributed by atoms with E-state index < -0.39 is 32.5 Å². The number of phosphoric acid groups is 1. The molecule has 0 rings (SSSR count). The maximum Gasteiger partial charge on any atom is 0.469 e. The Hall–Kier alpha value is -2.81. The molecule has 51 heavy (non-hydrogen) atoms. The summed E-state index contributed by atoms with van der Waals surface area (Å²) in [6, 6.07) is 0. The lowest BCUT2D eigenvalue weighted by Crippen LogP contribution is -2.29. The molecule has 0 heterocycles. The highest BCUT2D eigenvalue weighted by molar-refractivity contribution is 7.46. The maximum atomic E-state index is 12.3. The Labute approximate surface area is 308 Å². The van der Waals surface area contributed by atoms with Crippen molar-refractivity contribution in [3.63, 3.8) is 0 Å². The Morgan fingerprint density at radius 2 is 1.12 bits per heavy atom. The third-order valence-electron chi connectivity index (χ3n) is 7.47. The largest absolute Gasteiger partial charge is 0.469 e. The third kappa shape index (κ3) is 38.3. The summed E-state index contributed by atoms with van der Waals surface area (Å²) in [6.07, 6.45) is 43.6. The molecule has 3 N–H and O–H groups in total. The molecule has 0 bridgehead atoms. The molecule has 10 heteroatoms. The van der Waals surface area contributed by atoms with Crippen molar-refractivity contribution in [2.24, 2.45) is 0 Å². The van der Waals surface area contributed by atoms with Crippen molar-refractivity contribution in [1.82, 2.24) is 0 Å². The van der Waals surface area contributed by atoms with Gasteiger partial charge < -0.3 is 24.4 Å². The molecule has 0 fully saturated rings. The minimum Gasteiger partial charge on any atom is -0.462 e. The van der Waals surface area contributed by atoms with Crippen LogP contribution >= 0.6 is 7.82 Å². The molecule has 2 atom stereocenters. The molecular weight excluding hydrogens is 667 g/mol. The summed E-state index contributed by atoms with van der Waals surface area (Å²) in [5.74, 6) is -1.00. The van der Waals surface area contributed by atoms with Crippen LogP contribution in [0.5, 0.6) is 0 Å². The molecule has 0 amide bonds. The molecular formula is C41H67O9P. The van der Waals surface area contributed by atoms with E-state index in [9.17, 15) is 19.3 Å². The molecule has 290 valence electrons. The molecule has 0 spiro atoms. The van der Waals surface area contributed by atoms with Crippen LogP contribution in [0.25, 0.3) is 0 Å². The molecule has 0 aliphatic rings. The second-order valence-electron chi connectivity index (χ2n) is 12.3. The van der Waals surface area contributed by atoms with Crippen molar-refractivity contribution in [3.05, 3.63) is 85.1 Å². The summed E-state index contributed by atoms with van der Waals surface area (Å²) in [5, 5.41) is 9.78. The van der Waals surface area contributed by atoms with Gasteiger partial charge in [0.2, 0.25) is 0 Å². The Morgan fingerprint density at radius 1 is 0.608 bits per heavy atom. The number of phosphoric ester groups is 1. The van der Waals surface area contributed by atoms with Crippen LogP contribution in [-0.2, 0) is 28.2 Å². The minimum atomic E-state index is -4.78. The number of aliphatic hydroxyl groups excluding tert-OH is 1. The number of esters is 2. The number of aliphatic hydroxyl groups is 1. The van der Waals surface area contributed by atoms with E-state index in [0.717, 1.165) is 89.9 Å². The van der Waals surface area contributed by atoms with E-state index in [1.165, 1.54) is 0 Å². The van der Waals surface area contributed by atoms with E-state index in [-0.39, 0.29) is 25.6 Å². The van der Waals surface area contributed by atoms with Gasteiger partial charge in [-0.3, -0.25) is 14.1 Å². The van der Waals surface area contributed by atoms with Crippen LogP contribution in [0.15, 0.2) is 85.1 Å². The van der Waals surface area contributed by atoms with Crippen LogP contribution in [0.1, 0.15) is 136 Å². The normalized spacial score (nSPS) is 14.1. The topological polar surface area (TPSA) is 140 Å². The van der Waals surface area contributed by atoms with Crippen LogP contribution in [0.2, 0.25) is 0 Å². The Bertz CT molecular complexity index is 1110. The first kappa shape index (κ1) is 48.2. The van der Waals surface area contributed by atoms with Gasteiger partial charge in [0, 0.05) is 12.8 Å². The van der Waals surface area contributed by atoms with Crippen LogP contribution in [-0.4, -0.2) is 52.3 Å². The van der Waals surface area contributed by atoms with Crippen LogP contribution in [0.3, 0.4) is 0 Å². The number of allylic oxidation sites excluding steroid dienone is 13. The Kier molecular flexibility index (Phi) is 33.6. The van der Waals surface area contributed by atoms with Crippen molar-refractivity contribution < 1.29 is 43.0 Å². The lowest BCUT2D eigenvalue weighted by atomic mass is 10.1. The summed E-state index contributed by atoms with van der Waals surface area (Å²) in [4.78, 5) is 42.7. The highest BCUT2D eigenvalue weighted by Gasteiger charge is 2.22. The molecule has 0 saturated carbocycles. The standard InChI is InChI=1S/C41H67O9P/c1-3-5-7-8-9-10-11-12-13-14-18-21-24-27-30-34-40(43)48-36-39(37-49-51(45,46)47)50-41(44)35-31-28-25-22-19-16-15-17-20-23-26-29-33-38(42)32-6-4-2/h5,7,9-10,12-13,15-16,20,22-23,25,29,33,38-39,42H,3-4,6,8,11,14,17-19,21,24,26-28,30-32,34-37H2,1-2H3,(H2,45,46,47)/b7-5-,10-9-,13-12-,16-15-,23-20-,25-22-,33-29-/t38-,39-/m1/s1. The third-order valence-corrected chi connectivity index (χ3v) is 7.95. The molecule has 0 aromatic rings. The van der Waals surface area contributed by atoms with Crippen LogP contribution in [0.4, 0.5) is 0 Å². The predicted octanol–water partition coefficient (Wildman–Crippen LogP) is 10.3. The Balaban J connectivity index is 4.15. The summed E-state index contributed by atoms with van der Waals surface area (Å²) in [6.45, 7) is 3.33. The summed E-state index contributed by atoms with van der Waals surface area (Å²) in [7, 11) is -4.78. The van der Waals surface area contributed by atoms with Crippen molar-refractivity contribution >= 4 is 19.8 Å². The number of hydrogen-bond donors (Lipinski definition) is 3. The van der Waals surface area contributed by atoms with Crippen LogP contribution in [0, 0.1) is 0 Å². The van der Waals surface area contributed by atoms with Gasteiger partial charge in [-0.25, -0.2) is 4.57 Å². The maximum absolute atomic E-state index is 12.3. The van der Waals surface area contributed by atoms with Crippen molar-refractivity contribution in [2.45, 2.75) is 148 Å². The van der Waals surface area contributed by atoms with Gasteiger partial charge in [0.15, 0.2) is 6.10 Å². The number of hydrogen-bond acceptors (Lipinski definition) is 7. The van der Waals surface area contributed by atoms with E-state index in [0.29, 0.717) is 19.3 Å². The summed E-state index contributed by atoms with van der Waals surface area (Å²) < 4.78 is 26.2. The number of unbranched alkanes of at least 4 members (excludes halogenated alkanes) is 7. The minimum absolute atomic E-state index is 0.110. The molecule has 9 nitrogen and oxygen atoms in total. The smallest absolute Gasteiger partial charge is 0.462 e. The van der Waals surface area contributed by atoms with E-state index in [2.05, 4.69) is 79.1 Å². The first-order valence-corrected chi connectivity index (χ1v) is 20.5. The van der Waals surface area contributed by atoms with Crippen molar-refractivity contribution in [1.29, 1.82) is 0 Å².